The van der Waals surface area contributed by atoms with Crippen molar-refractivity contribution in [1.29, 1.82) is 0 Å². The molecule has 0 aromatic carbocycles. The molecule has 5 heteroatoms. The minimum atomic E-state index is 0.151. The van der Waals surface area contributed by atoms with Crippen molar-refractivity contribution in [3.05, 3.63) is 32.5 Å². The molecule has 0 amide bonds. The van der Waals surface area contributed by atoms with E-state index in [0.29, 0.717) is 6.42 Å². The summed E-state index contributed by atoms with van der Waals surface area (Å²) in [6.07, 6.45) is 3.33. The molecule has 96 valence electrons. The number of carbonyl (C=O) groups excluding carboxylic acids is 1. The molecule has 18 heavy (non-hydrogen) atoms. The van der Waals surface area contributed by atoms with Crippen LogP contribution < -0.4 is 0 Å². The molecule has 0 fully saturated rings. The third kappa shape index (κ3) is 3.03. The quantitative estimate of drug-likeness (QED) is 0.760. The summed E-state index contributed by atoms with van der Waals surface area (Å²) in [5.74, 6) is 0.151. The second-order valence-electron chi connectivity index (χ2n) is 4.12. The summed E-state index contributed by atoms with van der Waals surface area (Å²) in [5, 5.41) is 4.04. The number of nitrogens with zero attached hydrogens (tertiary/aromatic N) is 2. The first-order chi connectivity index (χ1) is 8.74. The number of carbonyl (C=O) groups is 1. The zero-order chi connectivity index (χ0) is 13.0. The largest absolute Gasteiger partial charge is 0.293 e. The number of ketones is 1. The van der Waals surface area contributed by atoms with Crippen LogP contribution in [0.1, 0.15) is 45.4 Å². The molecule has 2 heterocycles. The molecule has 0 N–H and O–H groups in total. The minimum absolute atomic E-state index is 0.151. The molecule has 0 aliphatic rings. The summed E-state index contributed by atoms with van der Waals surface area (Å²) in [7, 11) is 0. The van der Waals surface area contributed by atoms with Crippen LogP contribution in [-0.4, -0.2) is 15.4 Å². The molecule has 0 saturated heterocycles. The van der Waals surface area contributed by atoms with Gasteiger partial charge in [-0.15, -0.1) is 16.4 Å². The molecule has 3 nitrogen and oxygen atoms in total. The summed E-state index contributed by atoms with van der Waals surface area (Å²) in [6, 6.07) is 4.15. The first kappa shape index (κ1) is 13.4. The van der Waals surface area contributed by atoms with Gasteiger partial charge in [-0.1, -0.05) is 24.8 Å². The summed E-state index contributed by atoms with van der Waals surface area (Å²) >= 11 is 2.94. The lowest BCUT2D eigenvalue weighted by Crippen LogP contribution is -2.03. The van der Waals surface area contributed by atoms with Crippen LogP contribution in [-0.2, 0) is 19.3 Å². The molecule has 0 unspecified atom stereocenters. The van der Waals surface area contributed by atoms with E-state index in [2.05, 4.69) is 35.6 Å². The second-order valence-corrected chi connectivity index (χ2v) is 6.13. The van der Waals surface area contributed by atoms with Gasteiger partial charge in [0.15, 0.2) is 5.78 Å². The summed E-state index contributed by atoms with van der Waals surface area (Å²) in [6.45, 7) is 4.21. The van der Waals surface area contributed by atoms with Crippen LogP contribution in [0.25, 0.3) is 0 Å². The zero-order valence-electron chi connectivity index (χ0n) is 10.6. The standard InChI is InChI=1S/C13H16N2OS2/c1-3-5-11-13(18-15-14-11)12(16)8-10-7-6-9(4-2)17-10/h6-7H,3-5,8H2,1-2H3. The Bertz CT molecular complexity index is 531. The van der Waals surface area contributed by atoms with Crippen LogP contribution in [0.4, 0.5) is 0 Å². The molecule has 2 aromatic rings. The van der Waals surface area contributed by atoms with E-state index < -0.39 is 0 Å². The van der Waals surface area contributed by atoms with E-state index in [9.17, 15) is 4.79 Å². The van der Waals surface area contributed by atoms with E-state index in [-0.39, 0.29) is 5.78 Å². The van der Waals surface area contributed by atoms with Crippen molar-refractivity contribution in [2.45, 2.75) is 39.5 Å². The fourth-order valence-corrected chi connectivity index (χ4v) is 3.37. The molecule has 0 aliphatic carbocycles. The monoisotopic (exact) mass is 280 g/mol. The van der Waals surface area contributed by atoms with Crippen LogP contribution in [0.5, 0.6) is 0 Å². The van der Waals surface area contributed by atoms with Gasteiger partial charge in [-0.25, -0.2) is 0 Å². The van der Waals surface area contributed by atoms with Gasteiger partial charge >= 0.3 is 0 Å². The van der Waals surface area contributed by atoms with Crippen LogP contribution in [0.15, 0.2) is 12.1 Å². The van der Waals surface area contributed by atoms with E-state index in [1.807, 2.05) is 0 Å². The molecule has 2 aromatic heterocycles. The Balaban J connectivity index is 2.09. The number of hydrogen-bond donors (Lipinski definition) is 0. The second kappa shape index (κ2) is 6.20. The highest BCUT2D eigenvalue weighted by Gasteiger charge is 2.16. The average molecular weight is 280 g/mol. The Kier molecular flexibility index (Phi) is 4.60. The Morgan fingerprint density at radius 1 is 1.28 bits per heavy atom. The SMILES string of the molecule is CCCc1nnsc1C(=O)Cc1ccc(CC)s1. The number of Topliss-reactive ketones (excluding diaryl/α,β-unsaturated/α-hetero) is 1. The first-order valence-corrected chi connectivity index (χ1v) is 7.75. The highest BCUT2D eigenvalue weighted by atomic mass is 32.1. The normalized spacial score (nSPS) is 10.8. The molecule has 2 rings (SSSR count). The predicted octanol–water partition coefficient (Wildman–Crippen LogP) is 3.54. The Morgan fingerprint density at radius 3 is 2.72 bits per heavy atom. The zero-order valence-corrected chi connectivity index (χ0v) is 12.2. The van der Waals surface area contributed by atoms with Gasteiger partial charge in [-0.2, -0.15) is 0 Å². The molecule has 0 aliphatic heterocycles. The molecule has 0 radical (unpaired) electrons. The van der Waals surface area contributed by atoms with Gasteiger partial charge < -0.3 is 0 Å². The van der Waals surface area contributed by atoms with Crippen LogP contribution in [0.3, 0.4) is 0 Å². The first-order valence-electron chi connectivity index (χ1n) is 6.16. The Labute approximate surface area is 115 Å². The maximum absolute atomic E-state index is 12.2. The van der Waals surface area contributed by atoms with Gasteiger partial charge in [0.05, 0.1) is 5.69 Å². The van der Waals surface area contributed by atoms with E-state index in [4.69, 9.17) is 0 Å². The fourth-order valence-electron chi connectivity index (χ4n) is 1.77. The fraction of sp³-hybridized carbons (Fsp3) is 0.462. The number of aromatic nitrogens is 2. The lowest BCUT2D eigenvalue weighted by molar-refractivity contribution is 0.0996. The molecule has 0 spiro atoms. The van der Waals surface area contributed by atoms with Crippen molar-refractivity contribution in [2.24, 2.45) is 0 Å². The van der Waals surface area contributed by atoms with Gasteiger partial charge in [0.25, 0.3) is 0 Å². The van der Waals surface area contributed by atoms with Crippen molar-refractivity contribution < 1.29 is 4.79 Å². The highest BCUT2D eigenvalue weighted by Crippen LogP contribution is 2.21. The lowest BCUT2D eigenvalue weighted by Gasteiger charge is -1.98. The van der Waals surface area contributed by atoms with E-state index in [1.165, 1.54) is 16.4 Å². The van der Waals surface area contributed by atoms with Gasteiger partial charge in [-0.05, 0) is 36.5 Å². The maximum atomic E-state index is 12.2. The van der Waals surface area contributed by atoms with Crippen molar-refractivity contribution in [3.63, 3.8) is 0 Å². The highest BCUT2D eigenvalue weighted by molar-refractivity contribution is 7.12. The van der Waals surface area contributed by atoms with Crippen molar-refractivity contribution >= 4 is 28.7 Å². The molecule has 0 bridgehead atoms. The molecule has 0 saturated carbocycles. The summed E-state index contributed by atoms with van der Waals surface area (Å²) < 4.78 is 3.90. The molecular formula is C13H16N2OS2. The third-order valence-electron chi connectivity index (χ3n) is 2.70. The number of thiophene rings is 1. The van der Waals surface area contributed by atoms with E-state index >= 15 is 0 Å². The number of hydrogen-bond acceptors (Lipinski definition) is 5. The van der Waals surface area contributed by atoms with E-state index in [1.54, 1.807) is 11.3 Å². The van der Waals surface area contributed by atoms with Crippen molar-refractivity contribution in [1.82, 2.24) is 9.59 Å². The van der Waals surface area contributed by atoms with Crippen LogP contribution in [0.2, 0.25) is 0 Å². The molecular weight excluding hydrogens is 264 g/mol. The van der Waals surface area contributed by atoms with Crippen LogP contribution in [0, 0.1) is 0 Å². The van der Waals surface area contributed by atoms with Gasteiger partial charge in [0.1, 0.15) is 4.88 Å². The third-order valence-corrected chi connectivity index (χ3v) is 4.74. The van der Waals surface area contributed by atoms with Gasteiger partial charge in [-0.3, -0.25) is 4.79 Å². The van der Waals surface area contributed by atoms with E-state index in [0.717, 1.165) is 34.7 Å². The van der Waals surface area contributed by atoms with Gasteiger partial charge in [0, 0.05) is 16.2 Å². The number of rotatable bonds is 6. The predicted molar refractivity (Wildman–Crippen MR) is 75.6 cm³/mol. The Morgan fingerprint density at radius 2 is 2.06 bits per heavy atom. The molecule has 0 atom stereocenters. The topological polar surface area (TPSA) is 42.9 Å². The Hall–Kier alpha value is -1.07. The lowest BCUT2D eigenvalue weighted by atomic mass is 10.1. The summed E-state index contributed by atoms with van der Waals surface area (Å²) in [4.78, 5) is 15.4. The van der Waals surface area contributed by atoms with Gasteiger partial charge in [0.2, 0.25) is 0 Å². The van der Waals surface area contributed by atoms with Crippen molar-refractivity contribution in [2.75, 3.05) is 0 Å². The summed E-state index contributed by atoms with van der Waals surface area (Å²) in [5.41, 5.74) is 0.861. The number of aryl methyl sites for hydroxylation is 2. The maximum Gasteiger partial charge on any atom is 0.181 e. The smallest absolute Gasteiger partial charge is 0.181 e. The minimum Gasteiger partial charge on any atom is -0.293 e. The van der Waals surface area contributed by atoms with Crippen molar-refractivity contribution in [3.8, 4) is 0 Å². The average Bonchev–Trinajstić information content (AvgIpc) is 2.98. The van der Waals surface area contributed by atoms with Crippen LogP contribution >= 0.6 is 22.9 Å².